The molecule has 0 aliphatic rings. The van der Waals surface area contributed by atoms with Crippen LogP contribution in [0.15, 0.2) is 70.5 Å². The number of carboxylic acids is 1. The lowest BCUT2D eigenvalue weighted by Gasteiger charge is -2.13. The van der Waals surface area contributed by atoms with Gasteiger partial charge in [0.25, 0.3) is 0 Å². The van der Waals surface area contributed by atoms with Crippen LogP contribution in [0.4, 0.5) is 8.78 Å². The zero-order valence-electron chi connectivity index (χ0n) is 14.6. The molecule has 3 rings (SSSR count). The number of aliphatic carboxylic acids is 1. The van der Waals surface area contributed by atoms with Crippen molar-refractivity contribution in [1.29, 1.82) is 0 Å². The number of rotatable bonds is 6. The second kappa shape index (κ2) is 8.18. The van der Waals surface area contributed by atoms with E-state index in [0.717, 1.165) is 12.1 Å². The maximum atomic E-state index is 14.7. The summed E-state index contributed by atoms with van der Waals surface area (Å²) in [6, 6.07) is 12.7. The van der Waals surface area contributed by atoms with E-state index in [0.29, 0.717) is 0 Å². The summed E-state index contributed by atoms with van der Waals surface area (Å²) in [5, 5.41) is 8.99. The van der Waals surface area contributed by atoms with Gasteiger partial charge in [-0.1, -0.05) is 29.8 Å². The first kappa shape index (κ1) is 20.8. The van der Waals surface area contributed by atoms with E-state index >= 15 is 0 Å². The fraction of sp³-hybridized carbons (Fsp3) is 0.0500. The number of sulfone groups is 1. The highest BCUT2D eigenvalue weighted by Gasteiger charge is 2.27. The molecule has 0 aliphatic carbocycles. The molecule has 0 radical (unpaired) electrons. The Labute approximate surface area is 170 Å². The van der Waals surface area contributed by atoms with Crippen LogP contribution in [0, 0.1) is 11.6 Å². The van der Waals surface area contributed by atoms with Crippen molar-refractivity contribution in [2.24, 2.45) is 0 Å². The summed E-state index contributed by atoms with van der Waals surface area (Å²) in [6.45, 7) is -0.680. The molecule has 29 heavy (non-hydrogen) atoms. The zero-order valence-corrected chi connectivity index (χ0v) is 16.2. The standard InChI is InChI=1S/C20H13ClF2O5S/c21-13-6-7-18(28-11-19(24)25)15(10-13)12-8-16(22)20(17(23)9-12)29(26,27)14-4-2-1-3-5-14/h1-10H,11H2,(H,24,25). The Kier molecular flexibility index (Phi) is 5.86. The van der Waals surface area contributed by atoms with Gasteiger partial charge in [0.2, 0.25) is 9.84 Å². The van der Waals surface area contributed by atoms with Crippen LogP contribution in [-0.2, 0) is 14.6 Å². The summed E-state index contributed by atoms with van der Waals surface area (Å²) in [7, 11) is -4.42. The molecule has 0 saturated carbocycles. The van der Waals surface area contributed by atoms with Crippen molar-refractivity contribution in [2.45, 2.75) is 9.79 Å². The highest BCUT2D eigenvalue weighted by molar-refractivity contribution is 7.91. The van der Waals surface area contributed by atoms with Crippen LogP contribution >= 0.6 is 11.6 Å². The van der Waals surface area contributed by atoms with E-state index in [4.69, 9.17) is 21.4 Å². The fourth-order valence-corrected chi connectivity index (χ4v) is 4.24. The fourth-order valence-electron chi connectivity index (χ4n) is 2.68. The van der Waals surface area contributed by atoms with E-state index in [9.17, 15) is 22.0 Å². The van der Waals surface area contributed by atoms with E-state index in [1.807, 2.05) is 0 Å². The van der Waals surface area contributed by atoms with Crippen LogP contribution in [0.5, 0.6) is 5.75 Å². The maximum Gasteiger partial charge on any atom is 0.341 e. The van der Waals surface area contributed by atoms with Crippen LogP contribution in [-0.4, -0.2) is 26.1 Å². The number of halogens is 3. The van der Waals surface area contributed by atoms with Crippen molar-refractivity contribution < 1.29 is 31.8 Å². The highest BCUT2D eigenvalue weighted by atomic mass is 35.5. The Morgan fingerprint density at radius 2 is 1.62 bits per heavy atom. The number of ether oxygens (including phenoxy) is 1. The third-order valence-corrected chi connectivity index (χ3v) is 5.98. The smallest absolute Gasteiger partial charge is 0.341 e. The lowest BCUT2D eigenvalue weighted by Crippen LogP contribution is -2.10. The predicted molar refractivity (Wildman–Crippen MR) is 102 cm³/mol. The van der Waals surface area contributed by atoms with E-state index in [1.165, 1.54) is 42.5 Å². The summed E-state index contributed by atoms with van der Waals surface area (Å²) in [5.41, 5.74) is 0.0510. The first-order valence-corrected chi connectivity index (χ1v) is 10.00. The number of hydrogen-bond acceptors (Lipinski definition) is 4. The molecule has 0 aromatic heterocycles. The minimum atomic E-state index is -4.42. The number of benzene rings is 3. The Morgan fingerprint density at radius 1 is 1.00 bits per heavy atom. The molecule has 0 heterocycles. The molecule has 0 atom stereocenters. The Balaban J connectivity index is 2.12. The van der Waals surface area contributed by atoms with Gasteiger partial charge >= 0.3 is 5.97 Å². The van der Waals surface area contributed by atoms with E-state index in [1.54, 1.807) is 6.07 Å². The van der Waals surface area contributed by atoms with Crippen molar-refractivity contribution in [3.63, 3.8) is 0 Å². The van der Waals surface area contributed by atoms with Crippen LogP contribution < -0.4 is 4.74 Å². The quantitative estimate of drug-likeness (QED) is 0.609. The Bertz CT molecular complexity index is 1160. The molecular weight excluding hydrogens is 426 g/mol. The Hall–Kier alpha value is -2.97. The second-order valence-electron chi connectivity index (χ2n) is 5.91. The normalized spacial score (nSPS) is 11.3. The number of carboxylic acid groups (broad SMARTS) is 1. The topological polar surface area (TPSA) is 80.7 Å². The van der Waals surface area contributed by atoms with Crippen LogP contribution in [0.2, 0.25) is 5.02 Å². The Morgan fingerprint density at radius 3 is 2.21 bits per heavy atom. The summed E-state index contributed by atoms with van der Waals surface area (Å²) < 4.78 is 59.9. The molecule has 0 fully saturated rings. The van der Waals surface area contributed by atoms with Gasteiger partial charge < -0.3 is 9.84 Å². The lowest BCUT2D eigenvalue weighted by atomic mass is 10.0. The van der Waals surface area contributed by atoms with E-state index < -0.39 is 38.9 Å². The van der Waals surface area contributed by atoms with Gasteiger partial charge in [0.15, 0.2) is 6.61 Å². The lowest BCUT2D eigenvalue weighted by molar-refractivity contribution is -0.139. The molecule has 0 bridgehead atoms. The van der Waals surface area contributed by atoms with Crippen LogP contribution in [0.1, 0.15) is 0 Å². The number of carbonyl (C=O) groups is 1. The molecule has 3 aromatic rings. The summed E-state index contributed by atoms with van der Waals surface area (Å²) in [5.74, 6) is -3.82. The summed E-state index contributed by atoms with van der Waals surface area (Å²) in [6.07, 6.45) is 0. The van der Waals surface area contributed by atoms with Crippen molar-refractivity contribution in [2.75, 3.05) is 6.61 Å². The first-order valence-electron chi connectivity index (χ1n) is 8.14. The average molecular weight is 439 g/mol. The van der Waals surface area contributed by atoms with Gasteiger partial charge in [0.05, 0.1) is 4.90 Å². The van der Waals surface area contributed by atoms with Gasteiger partial charge in [-0.15, -0.1) is 0 Å². The van der Waals surface area contributed by atoms with Crippen molar-refractivity contribution in [3.8, 4) is 16.9 Å². The number of hydrogen-bond donors (Lipinski definition) is 1. The summed E-state index contributed by atoms with van der Waals surface area (Å²) >= 11 is 5.94. The zero-order chi connectivity index (χ0) is 21.2. The van der Waals surface area contributed by atoms with Gasteiger partial charge in [-0.25, -0.2) is 22.0 Å². The average Bonchev–Trinajstić information content (AvgIpc) is 2.66. The van der Waals surface area contributed by atoms with Gasteiger partial charge in [-0.2, -0.15) is 0 Å². The van der Waals surface area contributed by atoms with E-state index in [2.05, 4.69) is 0 Å². The molecule has 0 unspecified atom stereocenters. The molecule has 9 heteroatoms. The third kappa shape index (κ3) is 4.38. The third-order valence-electron chi connectivity index (χ3n) is 3.92. The molecule has 0 amide bonds. The van der Waals surface area contributed by atoms with Crippen molar-refractivity contribution in [1.82, 2.24) is 0 Å². The molecule has 5 nitrogen and oxygen atoms in total. The molecule has 0 saturated heterocycles. The molecule has 0 aliphatic heterocycles. The van der Waals surface area contributed by atoms with Crippen molar-refractivity contribution in [3.05, 3.63) is 77.3 Å². The first-order chi connectivity index (χ1) is 13.7. The van der Waals surface area contributed by atoms with E-state index in [-0.39, 0.29) is 26.8 Å². The molecule has 3 aromatic carbocycles. The molecule has 150 valence electrons. The minimum Gasteiger partial charge on any atom is -0.481 e. The van der Waals surface area contributed by atoms with Gasteiger partial charge in [0.1, 0.15) is 22.3 Å². The summed E-state index contributed by atoms with van der Waals surface area (Å²) in [4.78, 5) is 9.42. The molecule has 1 N–H and O–H groups in total. The second-order valence-corrected chi connectivity index (χ2v) is 8.23. The molecular formula is C20H13ClF2O5S. The van der Waals surface area contributed by atoms with Gasteiger partial charge in [0, 0.05) is 10.6 Å². The molecule has 0 spiro atoms. The van der Waals surface area contributed by atoms with Crippen molar-refractivity contribution >= 4 is 27.4 Å². The van der Waals surface area contributed by atoms with Gasteiger partial charge in [-0.3, -0.25) is 0 Å². The minimum absolute atomic E-state index is 0.0225. The van der Waals surface area contributed by atoms with Gasteiger partial charge in [-0.05, 0) is 48.0 Å². The monoisotopic (exact) mass is 438 g/mol. The highest BCUT2D eigenvalue weighted by Crippen LogP contribution is 2.36. The van der Waals surface area contributed by atoms with Crippen LogP contribution in [0.25, 0.3) is 11.1 Å². The van der Waals surface area contributed by atoms with Crippen LogP contribution in [0.3, 0.4) is 0 Å². The largest absolute Gasteiger partial charge is 0.481 e. The maximum absolute atomic E-state index is 14.7. The SMILES string of the molecule is O=C(O)COc1ccc(Cl)cc1-c1cc(F)c(S(=O)(=O)c2ccccc2)c(F)c1. The predicted octanol–water partition coefficient (Wildman–Crippen LogP) is 4.58.